The van der Waals surface area contributed by atoms with Crippen LogP contribution in [-0.4, -0.2) is 17.8 Å². The van der Waals surface area contributed by atoms with Crippen molar-refractivity contribution in [1.29, 1.82) is 0 Å². The second-order valence-electron chi connectivity index (χ2n) is 9.58. The average Bonchev–Trinajstić information content (AvgIpc) is 2.94. The van der Waals surface area contributed by atoms with Crippen molar-refractivity contribution >= 4 is 17.7 Å². The number of rotatable bonds is 17. The lowest BCUT2D eigenvalue weighted by molar-refractivity contribution is -0.143. The van der Waals surface area contributed by atoms with E-state index in [2.05, 4.69) is 55.5 Å². The summed E-state index contributed by atoms with van der Waals surface area (Å²) in [5.74, 6) is 0.731. The summed E-state index contributed by atoms with van der Waals surface area (Å²) in [6.07, 6.45) is 11.9. The maximum Gasteiger partial charge on any atom is 0.319 e. The molecule has 0 aliphatic rings. The minimum Gasteiger partial charge on any atom is -0.494 e. The monoisotopic (exact) mass is 518 g/mol. The van der Waals surface area contributed by atoms with Crippen LogP contribution in [0.2, 0.25) is 0 Å². The van der Waals surface area contributed by atoms with Crippen LogP contribution in [0, 0.1) is 0 Å². The van der Waals surface area contributed by atoms with Crippen molar-refractivity contribution in [3.05, 3.63) is 84.4 Å². The standard InChI is InChI=1S/C33H42O3S/c1-3-4-5-6-7-8-9-10-14-25-35-31-21-17-29(18-22-31)30-19-23-32(24-20-30)37-27(2)33(34)36-26-28-15-12-11-13-16-28/h11-13,15-24,27H,3-10,14,25-26H2,1-2H3/t27-/m1/s1. The van der Waals surface area contributed by atoms with Gasteiger partial charge < -0.3 is 9.47 Å². The lowest BCUT2D eigenvalue weighted by atomic mass is 10.1. The van der Waals surface area contributed by atoms with Crippen molar-refractivity contribution in [2.75, 3.05) is 6.61 Å². The molecule has 3 aromatic carbocycles. The van der Waals surface area contributed by atoms with Gasteiger partial charge in [-0.25, -0.2) is 0 Å². The summed E-state index contributed by atoms with van der Waals surface area (Å²) in [6, 6.07) is 26.4. The Morgan fingerprint density at radius 2 is 1.30 bits per heavy atom. The van der Waals surface area contributed by atoms with Crippen molar-refractivity contribution in [1.82, 2.24) is 0 Å². The molecule has 0 fully saturated rings. The van der Waals surface area contributed by atoms with Crippen LogP contribution >= 0.6 is 11.8 Å². The largest absolute Gasteiger partial charge is 0.494 e. The van der Waals surface area contributed by atoms with Crippen LogP contribution in [0.15, 0.2) is 83.8 Å². The molecule has 0 aliphatic carbocycles. The van der Waals surface area contributed by atoms with Crippen LogP contribution in [0.4, 0.5) is 0 Å². The van der Waals surface area contributed by atoms with E-state index in [0.29, 0.717) is 6.61 Å². The fourth-order valence-electron chi connectivity index (χ4n) is 4.17. The van der Waals surface area contributed by atoms with Crippen LogP contribution in [0.3, 0.4) is 0 Å². The molecule has 0 bridgehead atoms. The molecule has 37 heavy (non-hydrogen) atoms. The van der Waals surface area contributed by atoms with Gasteiger partial charge in [-0.1, -0.05) is 113 Å². The van der Waals surface area contributed by atoms with Crippen LogP contribution in [-0.2, 0) is 16.1 Å². The fourth-order valence-corrected chi connectivity index (χ4v) is 5.04. The molecule has 0 aromatic heterocycles. The van der Waals surface area contributed by atoms with Gasteiger partial charge in [-0.05, 0) is 54.3 Å². The Labute approximate surface area is 228 Å². The Balaban J connectivity index is 1.35. The minimum atomic E-state index is -0.267. The maximum atomic E-state index is 12.4. The van der Waals surface area contributed by atoms with Gasteiger partial charge >= 0.3 is 5.97 Å². The molecule has 4 heteroatoms. The van der Waals surface area contributed by atoms with E-state index in [1.165, 1.54) is 63.1 Å². The molecule has 1 atom stereocenters. The van der Waals surface area contributed by atoms with E-state index in [9.17, 15) is 4.79 Å². The van der Waals surface area contributed by atoms with Gasteiger partial charge in [0.1, 0.15) is 17.6 Å². The van der Waals surface area contributed by atoms with Crippen molar-refractivity contribution in [3.8, 4) is 16.9 Å². The zero-order valence-corrected chi connectivity index (χ0v) is 23.3. The molecule has 3 nitrogen and oxygen atoms in total. The van der Waals surface area contributed by atoms with Crippen molar-refractivity contribution in [2.45, 2.75) is 88.4 Å². The van der Waals surface area contributed by atoms with Crippen LogP contribution in [0.5, 0.6) is 5.75 Å². The molecule has 198 valence electrons. The highest BCUT2D eigenvalue weighted by atomic mass is 32.2. The smallest absolute Gasteiger partial charge is 0.319 e. The van der Waals surface area contributed by atoms with E-state index in [4.69, 9.17) is 9.47 Å². The van der Waals surface area contributed by atoms with Crippen LogP contribution in [0.25, 0.3) is 11.1 Å². The summed E-state index contributed by atoms with van der Waals surface area (Å²) in [4.78, 5) is 13.4. The third kappa shape index (κ3) is 11.1. The maximum absolute atomic E-state index is 12.4. The molecule has 3 aromatic rings. The summed E-state index contributed by atoms with van der Waals surface area (Å²) >= 11 is 1.52. The van der Waals surface area contributed by atoms with Crippen LogP contribution in [0.1, 0.15) is 77.2 Å². The number of thioether (sulfide) groups is 1. The predicted molar refractivity (Wildman–Crippen MR) is 156 cm³/mol. The average molecular weight is 519 g/mol. The van der Waals surface area contributed by atoms with Gasteiger partial charge in [0.2, 0.25) is 0 Å². The van der Waals surface area contributed by atoms with Gasteiger partial charge in [0.15, 0.2) is 0 Å². The van der Waals surface area contributed by atoms with Crippen LogP contribution < -0.4 is 4.74 Å². The van der Waals surface area contributed by atoms with Crippen molar-refractivity contribution in [3.63, 3.8) is 0 Å². The second-order valence-corrected chi connectivity index (χ2v) is 11.0. The van der Waals surface area contributed by atoms with Gasteiger partial charge in [0.05, 0.1) is 6.61 Å². The Hall–Kier alpha value is -2.72. The third-order valence-electron chi connectivity index (χ3n) is 6.43. The predicted octanol–water partition coefficient (Wildman–Crippen LogP) is 9.49. The molecule has 0 aliphatic heterocycles. The first-order chi connectivity index (χ1) is 18.2. The summed E-state index contributed by atoms with van der Waals surface area (Å²) in [7, 11) is 0. The Bertz CT molecular complexity index is 1020. The van der Waals surface area contributed by atoms with E-state index < -0.39 is 0 Å². The molecular weight excluding hydrogens is 476 g/mol. The quantitative estimate of drug-likeness (QED) is 0.101. The molecule has 0 radical (unpaired) electrons. The lowest BCUT2D eigenvalue weighted by Gasteiger charge is -2.12. The second kappa shape index (κ2) is 16.9. The summed E-state index contributed by atoms with van der Waals surface area (Å²) in [5, 5.41) is -0.267. The molecule has 0 saturated heterocycles. The summed E-state index contributed by atoms with van der Waals surface area (Å²) in [5.41, 5.74) is 3.30. The highest BCUT2D eigenvalue weighted by Gasteiger charge is 2.16. The first-order valence-electron chi connectivity index (χ1n) is 13.9. The van der Waals surface area contributed by atoms with E-state index in [-0.39, 0.29) is 11.2 Å². The normalized spacial score (nSPS) is 11.7. The molecule has 0 spiro atoms. The molecule has 0 N–H and O–H groups in total. The number of hydrogen-bond acceptors (Lipinski definition) is 4. The zero-order valence-electron chi connectivity index (χ0n) is 22.5. The molecule has 0 amide bonds. The van der Waals surface area contributed by atoms with E-state index >= 15 is 0 Å². The van der Waals surface area contributed by atoms with Gasteiger partial charge in [0, 0.05) is 4.90 Å². The topological polar surface area (TPSA) is 35.5 Å². The van der Waals surface area contributed by atoms with Gasteiger partial charge in [-0.15, -0.1) is 11.8 Å². The number of esters is 1. The summed E-state index contributed by atoms with van der Waals surface area (Å²) in [6.45, 7) is 5.25. The minimum absolute atomic E-state index is 0.198. The Morgan fingerprint density at radius 1 is 0.730 bits per heavy atom. The Morgan fingerprint density at radius 3 is 1.92 bits per heavy atom. The number of carbonyl (C=O) groups excluding carboxylic acids is 1. The molecule has 0 unspecified atom stereocenters. The SMILES string of the molecule is CCCCCCCCCCCOc1ccc(-c2ccc(S[C@H](C)C(=O)OCc3ccccc3)cc2)cc1. The molecule has 0 heterocycles. The van der Waals surface area contributed by atoms with E-state index in [0.717, 1.165) is 40.4 Å². The van der Waals surface area contributed by atoms with E-state index in [1.54, 1.807) is 0 Å². The van der Waals surface area contributed by atoms with Crippen molar-refractivity contribution < 1.29 is 14.3 Å². The molecule has 0 saturated carbocycles. The van der Waals surface area contributed by atoms with Gasteiger partial charge in [-0.3, -0.25) is 4.79 Å². The van der Waals surface area contributed by atoms with Gasteiger partial charge in [-0.2, -0.15) is 0 Å². The molecular formula is C33H42O3S. The lowest BCUT2D eigenvalue weighted by Crippen LogP contribution is -2.16. The first kappa shape index (κ1) is 28.8. The number of benzene rings is 3. The fraction of sp³-hybridized carbons (Fsp3) is 0.424. The van der Waals surface area contributed by atoms with Crippen molar-refractivity contribution in [2.24, 2.45) is 0 Å². The summed E-state index contributed by atoms with van der Waals surface area (Å²) < 4.78 is 11.4. The third-order valence-corrected chi connectivity index (χ3v) is 7.52. The number of ether oxygens (including phenoxy) is 2. The highest BCUT2D eigenvalue weighted by molar-refractivity contribution is 8.00. The highest BCUT2D eigenvalue weighted by Crippen LogP contribution is 2.28. The number of hydrogen-bond donors (Lipinski definition) is 0. The number of unbranched alkanes of at least 4 members (excludes halogenated alkanes) is 8. The first-order valence-corrected chi connectivity index (χ1v) is 14.7. The Kier molecular flexibility index (Phi) is 13.2. The zero-order chi connectivity index (χ0) is 26.1. The molecule has 3 rings (SSSR count). The number of carbonyl (C=O) groups is 1. The van der Waals surface area contributed by atoms with Gasteiger partial charge in [0.25, 0.3) is 0 Å². The van der Waals surface area contributed by atoms with E-state index in [1.807, 2.05) is 37.3 Å².